The van der Waals surface area contributed by atoms with Gasteiger partial charge in [0.05, 0.1) is 18.5 Å². The Labute approximate surface area is 191 Å². The van der Waals surface area contributed by atoms with Crippen LogP contribution in [0.15, 0.2) is 34.0 Å². The van der Waals surface area contributed by atoms with E-state index >= 15 is 0 Å². The molecule has 2 aromatic heterocycles. The molecule has 3 rings (SSSR count). The van der Waals surface area contributed by atoms with Gasteiger partial charge in [-0.3, -0.25) is 9.58 Å². The van der Waals surface area contributed by atoms with Gasteiger partial charge in [-0.1, -0.05) is 13.8 Å². The fraction of sp³-hybridized carbons (Fsp3) is 0.619. The zero-order chi connectivity index (χ0) is 19.8. The van der Waals surface area contributed by atoms with E-state index in [-0.39, 0.29) is 24.0 Å². The molecular formula is C21H35IN6O. The maximum atomic E-state index is 5.43. The summed E-state index contributed by atoms with van der Waals surface area (Å²) in [6.07, 6.45) is 8.09. The molecule has 0 aromatic carbocycles. The van der Waals surface area contributed by atoms with Gasteiger partial charge in [0.25, 0.3) is 0 Å². The summed E-state index contributed by atoms with van der Waals surface area (Å²) in [6, 6.07) is 4.52. The topological polar surface area (TPSA) is 70.6 Å². The first-order valence-electron chi connectivity index (χ1n) is 10.5. The zero-order valence-corrected chi connectivity index (χ0v) is 20.2. The predicted molar refractivity (Wildman–Crippen MR) is 128 cm³/mol. The van der Waals surface area contributed by atoms with Crippen LogP contribution < -0.4 is 10.6 Å². The second-order valence-corrected chi connectivity index (χ2v) is 7.35. The highest BCUT2D eigenvalue weighted by Crippen LogP contribution is 2.15. The molecule has 2 aromatic rings. The lowest BCUT2D eigenvalue weighted by Gasteiger charge is -2.24. The molecule has 1 fully saturated rings. The highest BCUT2D eigenvalue weighted by Gasteiger charge is 2.22. The SMILES string of the molecule is CCc1nn(C)cc1CN=C(NCCc1ccco1)NCC1CCCN1CC.I. The molecule has 2 N–H and O–H groups in total. The van der Waals surface area contributed by atoms with Crippen LogP contribution in [0.1, 0.15) is 43.7 Å². The summed E-state index contributed by atoms with van der Waals surface area (Å²) >= 11 is 0. The highest BCUT2D eigenvalue weighted by atomic mass is 127. The van der Waals surface area contributed by atoms with Crippen LogP contribution in [0.5, 0.6) is 0 Å². The first-order valence-corrected chi connectivity index (χ1v) is 10.5. The number of aryl methyl sites for hydroxylation is 2. The minimum absolute atomic E-state index is 0. The summed E-state index contributed by atoms with van der Waals surface area (Å²) in [5, 5.41) is 11.5. The van der Waals surface area contributed by atoms with Crippen molar-refractivity contribution in [2.45, 2.75) is 52.1 Å². The van der Waals surface area contributed by atoms with Crippen LogP contribution in [-0.2, 0) is 26.4 Å². The molecule has 8 heteroatoms. The minimum Gasteiger partial charge on any atom is -0.469 e. The van der Waals surface area contributed by atoms with E-state index in [1.165, 1.54) is 24.9 Å². The number of nitrogens with zero attached hydrogens (tertiary/aromatic N) is 4. The number of likely N-dealkylation sites (N-methyl/N-ethyl adjacent to an activating group) is 1. The number of nitrogens with one attached hydrogen (secondary N) is 2. The van der Waals surface area contributed by atoms with E-state index in [2.05, 4.69) is 40.7 Å². The van der Waals surface area contributed by atoms with E-state index in [1.807, 2.05) is 23.9 Å². The molecule has 0 radical (unpaired) electrons. The van der Waals surface area contributed by atoms with E-state index in [0.29, 0.717) is 12.6 Å². The van der Waals surface area contributed by atoms with Crippen LogP contribution in [0.3, 0.4) is 0 Å². The van der Waals surface area contributed by atoms with E-state index in [9.17, 15) is 0 Å². The van der Waals surface area contributed by atoms with Gasteiger partial charge in [0, 0.05) is 44.4 Å². The van der Waals surface area contributed by atoms with Crippen molar-refractivity contribution in [3.63, 3.8) is 0 Å². The number of aromatic nitrogens is 2. The first-order chi connectivity index (χ1) is 13.7. The molecule has 7 nitrogen and oxygen atoms in total. The quantitative estimate of drug-likeness (QED) is 0.306. The highest BCUT2D eigenvalue weighted by molar-refractivity contribution is 14.0. The van der Waals surface area contributed by atoms with Crippen molar-refractivity contribution in [2.75, 3.05) is 26.2 Å². The number of likely N-dealkylation sites (tertiary alicyclic amines) is 1. The Morgan fingerprint density at radius 1 is 1.34 bits per heavy atom. The summed E-state index contributed by atoms with van der Waals surface area (Å²) in [6.45, 7) is 9.04. The fourth-order valence-corrected chi connectivity index (χ4v) is 3.87. The molecule has 0 amide bonds. The minimum atomic E-state index is 0. The monoisotopic (exact) mass is 514 g/mol. The van der Waals surface area contributed by atoms with Gasteiger partial charge in [0.2, 0.25) is 0 Å². The number of rotatable bonds is 9. The molecule has 1 aliphatic heterocycles. The lowest BCUT2D eigenvalue weighted by atomic mass is 10.2. The number of hydrogen-bond acceptors (Lipinski definition) is 4. The average Bonchev–Trinajstić information content (AvgIpc) is 3.44. The summed E-state index contributed by atoms with van der Waals surface area (Å²) in [4.78, 5) is 7.38. The Hall–Kier alpha value is -1.55. The number of furan rings is 1. The van der Waals surface area contributed by atoms with Crippen molar-refractivity contribution in [3.8, 4) is 0 Å². The molecule has 1 saturated heterocycles. The van der Waals surface area contributed by atoms with Crippen LogP contribution in [-0.4, -0.2) is 52.9 Å². The van der Waals surface area contributed by atoms with Gasteiger partial charge in [0.15, 0.2) is 5.96 Å². The number of aliphatic imine (C=N–C) groups is 1. The standard InChI is InChI=1S/C21H34N6O.HI/c1-4-20-17(16-26(3)25-20)14-23-21(22-11-10-19-9-7-13-28-19)24-15-18-8-6-12-27(18)5-2;/h7,9,13,16,18H,4-6,8,10-12,14-15H2,1-3H3,(H2,22,23,24);1H. The van der Waals surface area contributed by atoms with Gasteiger partial charge < -0.3 is 15.1 Å². The van der Waals surface area contributed by atoms with E-state index in [1.54, 1.807) is 6.26 Å². The summed E-state index contributed by atoms with van der Waals surface area (Å²) in [7, 11) is 1.96. The van der Waals surface area contributed by atoms with Gasteiger partial charge >= 0.3 is 0 Å². The van der Waals surface area contributed by atoms with Crippen LogP contribution >= 0.6 is 24.0 Å². The smallest absolute Gasteiger partial charge is 0.191 e. The number of hydrogen-bond donors (Lipinski definition) is 2. The van der Waals surface area contributed by atoms with Crippen molar-refractivity contribution >= 4 is 29.9 Å². The van der Waals surface area contributed by atoms with E-state index in [4.69, 9.17) is 9.41 Å². The van der Waals surface area contributed by atoms with E-state index < -0.39 is 0 Å². The van der Waals surface area contributed by atoms with Crippen molar-refractivity contribution in [2.24, 2.45) is 12.0 Å². The third kappa shape index (κ3) is 7.02. The average molecular weight is 514 g/mol. The fourth-order valence-electron chi connectivity index (χ4n) is 3.87. The van der Waals surface area contributed by atoms with Crippen molar-refractivity contribution in [1.29, 1.82) is 0 Å². The summed E-state index contributed by atoms with van der Waals surface area (Å²) in [5.74, 6) is 1.85. The Balaban J connectivity index is 0.00000300. The van der Waals surface area contributed by atoms with Crippen LogP contribution in [0.2, 0.25) is 0 Å². The first kappa shape index (κ1) is 23.7. The molecule has 1 aliphatic rings. The lowest BCUT2D eigenvalue weighted by molar-refractivity contribution is 0.267. The molecular weight excluding hydrogens is 479 g/mol. The van der Waals surface area contributed by atoms with Crippen molar-refractivity contribution < 1.29 is 4.42 Å². The van der Waals surface area contributed by atoms with E-state index in [0.717, 1.165) is 49.9 Å². The second kappa shape index (κ2) is 12.2. The van der Waals surface area contributed by atoms with Crippen LogP contribution in [0.25, 0.3) is 0 Å². The molecule has 162 valence electrons. The van der Waals surface area contributed by atoms with Gasteiger partial charge in [-0.05, 0) is 44.5 Å². The molecule has 29 heavy (non-hydrogen) atoms. The molecule has 0 saturated carbocycles. The second-order valence-electron chi connectivity index (χ2n) is 7.35. The van der Waals surface area contributed by atoms with Crippen molar-refractivity contribution in [1.82, 2.24) is 25.3 Å². The predicted octanol–water partition coefficient (Wildman–Crippen LogP) is 2.96. The largest absolute Gasteiger partial charge is 0.469 e. The summed E-state index contributed by atoms with van der Waals surface area (Å²) in [5.41, 5.74) is 2.31. The molecule has 1 unspecified atom stereocenters. The van der Waals surface area contributed by atoms with Gasteiger partial charge in [-0.25, -0.2) is 4.99 Å². The number of guanidine groups is 1. The van der Waals surface area contributed by atoms with Gasteiger partial charge in [-0.2, -0.15) is 5.10 Å². The maximum Gasteiger partial charge on any atom is 0.191 e. The molecule has 1 atom stereocenters. The lowest BCUT2D eigenvalue weighted by Crippen LogP contribution is -2.45. The maximum absolute atomic E-state index is 5.43. The van der Waals surface area contributed by atoms with Crippen LogP contribution in [0.4, 0.5) is 0 Å². The molecule has 3 heterocycles. The van der Waals surface area contributed by atoms with Crippen LogP contribution in [0, 0.1) is 0 Å². The Morgan fingerprint density at radius 2 is 2.21 bits per heavy atom. The molecule has 0 bridgehead atoms. The van der Waals surface area contributed by atoms with Gasteiger partial charge in [-0.15, -0.1) is 24.0 Å². The summed E-state index contributed by atoms with van der Waals surface area (Å²) < 4.78 is 7.30. The molecule has 0 spiro atoms. The zero-order valence-electron chi connectivity index (χ0n) is 17.9. The Morgan fingerprint density at radius 3 is 2.93 bits per heavy atom. The van der Waals surface area contributed by atoms with Crippen molar-refractivity contribution in [3.05, 3.63) is 41.6 Å². The molecule has 0 aliphatic carbocycles. The third-order valence-corrected chi connectivity index (χ3v) is 5.39. The Bertz CT molecular complexity index is 742. The normalized spacial score (nSPS) is 17.3. The number of halogens is 1. The third-order valence-electron chi connectivity index (χ3n) is 5.39. The van der Waals surface area contributed by atoms with Gasteiger partial charge in [0.1, 0.15) is 5.76 Å². The Kier molecular flexibility index (Phi) is 9.99.